The first kappa shape index (κ1) is 12.2. The molecule has 2 nitrogen and oxygen atoms in total. The third-order valence-corrected chi connectivity index (χ3v) is 3.37. The van der Waals surface area contributed by atoms with Crippen LogP contribution in [-0.2, 0) is 0 Å². The third kappa shape index (κ3) is 4.04. The van der Waals surface area contributed by atoms with Gasteiger partial charge in [0.25, 0.3) is 0 Å². The average molecular weight is 224 g/mol. The van der Waals surface area contributed by atoms with E-state index >= 15 is 0 Å². The van der Waals surface area contributed by atoms with Gasteiger partial charge in [-0.2, -0.15) is 11.8 Å². The van der Waals surface area contributed by atoms with Gasteiger partial charge in [0.2, 0.25) is 0 Å². The Balaban J connectivity index is 2.56. The van der Waals surface area contributed by atoms with Gasteiger partial charge in [0, 0.05) is 23.2 Å². The Hall–Kier alpha value is -0.830. The standard InChI is InChI=1S/C12H20N2S/c1-4-15-8-10(3)14-12-6-5-11(13)7-9(12)2/h5-7,10,14H,4,8,13H2,1-3H3. The maximum absolute atomic E-state index is 5.71. The van der Waals surface area contributed by atoms with Crippen molar-refractivity contribution in [3.05, 3.63) is 23.8 Å². The van der Waals surface area contributed by atoms with Gasteiger partial charge in [-0.1, -0.05) is 6.92 Å². The van der Waals surface area contributed by atoms with Crippen LogP contribution in [0.15, 0.2) is 18.2 Å². The van der Waals surface area contributed by atoms with Crippen LogP contribution in [-0.4, -0.2) is 17.5 Å². The van der Waals surface area contributed by atoms with Crippen molar-refractivity contribution in [1.82, 2.24) is 0 Å². The Bertz CT molecular complexity index is 312. The quantitative estimate of drug-likeness (QED) is 0.755. The minimum Gasteiger partial charge on any atom is -0.399 e. The zero-order chi connectivity index (χ0) is 11.3. The molecule has 0 bridgehead atoms. The number of nitrogen functional groups attached to an aromatic ring is 1. The minimum absolute atomic E-state index is 0.497. The number of anilines is 2. The van der Waals surface area contributed by atoms with E-state index in [1.54, 1.807) is 0 Å². The normalized spacial score (nSPS) is 12.5. The van der Waals surface area contributed by atoms with Crippen molar-refractivity contribution in [1.29, 1.82) is 0 Å². The van der Waals surface area contributed by atoms with Crippen LogP contribution in [0.25, 0.3) is 0 Å². The second-order valence-corrected chi connectivity index (χ2v) is 5.10. The van der Waals surface area contributed by atoms with Crippen molar-refractivity contribution in [2.75, 3.05) is 22.6 Å². The van der Waals surface area contributed by atoms with Gasteiger partial charge in [0.1, 0.15) is 0 Å². The molecule has 1 aromatic carbocycles. The van der Waals surface area contributed by atoms with Gasteiger partial charge in [-0.05, 0) is 43.4 Å². The van der Waals surface area contributed by atoms with Crippen LogP contribution in [0.4, 0.5) is 11.4 Å². The molecule has 0 spiro atoms. The van der Waals surface area contributed by atoms with Gasteiger partial charge in [0.05, 0.1) is 0 Å². The lowest BCUT2D eigenvalue weighted by atomic mass is 10.1. The maximum Gasteiger partial charge on any atom is 0.0373 e. The van der Waals surface area contributed by atoms with E-state index in [-0.39, 0.29) is 0 Å². The van der Waals surface area contributed by atoms with Gasteiger partial charge in [-0.3, -0.25) is 0 Å². The van der Waals surface area contributed by atoms with E-state index in [4.69, 9.17) is 5.73 Å². The molecule has 0 fully saturated rings. The lowest BCUT2D eigenvalue weighted by Gasteiger charge is -2.16. The van der Waals surface area contributed by atoms with Gasteiger partial charge >= 0.3 is 0 Å². The van der Waals surface area contributed by atoms with Crippen molar-refractivity contribution in [2.24, 2.45) is 0 Å². The van der Waals surface area contributed by atoms with E-state index in [2.05, 4.69) is 32.2 Å². The van der Waals surface area contributed by atoms with Gasteiger partial charge in [-0.15, -0.1) is 0 Å². The number of benzene rings is 1. The van der Waals surface area contributed by atoms with Crippen molar-refractivity contribution in [3.8, 4) is 0 Å². The van der Waals surface area contributed by atoms with Crippen LogP contribution in [0, 0.1) is 6.92 Å². The number of hydrogen-bond donors (Lipinski definition) is 2. The minimum atomic E-state index is 0.497. The summed E-state index contributed by atoms with van der Waals surface area (Å²) in [5.41, 5.74) is 8.93. The number of thioether (sulfide) groups is 1. The number of nitrogens with two attached hydrogens (primary N) is 1. The van der Waals surface area contributed by atoms with E-state index in [0.29, 0.717) is 6.04 Å². The maximum atomic E-state index is 5.71. The Morgan fingerprint density at radius 2 is 2.20 bits per heavy atom. The van der Waals surface area contributed by atoms with Crippen LogP contribution in [0.1, 0.15) is 19.4 Å². The molecular weight excluding hydrogens is 204 g/mol. The number of nitrogens with one attached hydrogen (secondary N) is 1. The molecule has 3 N–H and O–H groups in total. The van der Waals surface area contributed by atoms with Crippen LogP contribution in [0.3, 0.4) is 0 Å². The predicted octanol–water partition coefficient (Wildman–Crippen LogP) is 3.13. The van der Waals surface area contributed by atoms with Crippen molar-refractivity contribution in [2.45, 2.75) is 26.8 Å². The Morgan fingerprint density at radius 3 is 2.80 bits per heavy atom. The smallest absolute Gasteiger partial charge is 0.0373 e. The van der Waals surface area contributed by atoms with Crippen LogP contribution in [0.5, 0.6) is 0 Å². The van der Waals surface area contributed by atoms with Crippen molar-refractivity contribution >= 4 is 23.1 Å². The zero-order valence-electron chi connectivity index (χ0n) is 9.71. The molecule has 3 heteroatoms. The summed E-state index contributed by atoms with van der Waals surface area (Å²) < 4.78 is 0. The lowest BCUT2D eigenvalue weighted by Crippen LogP contribution is -2.18. The van der Waals surface area contributed by atoms with Crippen LogP contribution < -0.4 is 11.1 Å². The van der Waals surface area contributed by atoms with Gasteiger partial charge < -0.3 is 11.1 Å². The third-order valence-electron chi connectivity index (χ3n) is 2.22. The number of aryl methyl sites for hydroxylation is 1. The summed E-state index contributed by atoms with van der Waals surface area (Å²) in [7, 11) is 0. The molecule has 0 aliphatic carbocycles. The molecule has 0 aliphatic rings. The summed E-state index contributed by atoms with van der Waals surface area (Å²) in [4.78, 5) is 0. The summed E-state index contributed by atoms with van der Waals surface area (Å²) in [6.45, 7) is 6.47. The molecule has 15 heavy (non-hydrogen) atoms. The molecule has 0 radical (unpaired) electrons. The lowest BCUT2D eigenvalue weighted by molar-refractivity contribution is 0.911. The second kappa shape index (κ2) is 5.91. The molecule has 0 saturated carbocycles. The molecule has 0 aliphatic heterocycles. The molecular formula is C12H20N2S. The van der Waals surface area contributed by atoms with Crippen molar-refractivity contribution in [3.63, 3.8) is 0 Å². The fourth-order valence-corrected chi connectivity index (χ4v) is 2.12. The Kier molecular flexibility index (Phi) is 4.82. The molecule has 0 heterocycles. The highest BCUT2D eigenvalue weighted by Gasteiger charge is 2.03. The number of rotatable bonds is 5. The van der Waals surface area contributed by atoms with E-state index in [1.165, 1.54) is 17.0 Å². The summed E-state index contributed by atoms with van der Waals surface area (Å²) in [5.74, 6) is 2.31. The van der Waals surface area contributed by atoms with Gasteiger partial charge in [0.15, 0.2) is 0 Å². The Morgan fingerprint density at radius 1 is 1.47 bits per heavy atom. The predicted molar refractivity (Wildman–Crippen MR) is 71.7 cm³/mol. The molecule has 0 saturated heterocycles. The number of hydrogen-bond acceptors (Lipinski definition) is 3. The van der Waals surface area contributed by atoms with Crippen LogP contribution in [0.2, 0.25) is 0 Å². The fourth-order valence-electron chi connectivity index (χ4n) is 1.45. The summed E-state index contributed by atoms with van der Waals surface area (Å²) in [6.07, 6.45) is 0. The summed E-state index contributed by atoms with van der Waals surface area (Å²) in [5, 5.41) is 3.50. The summed E-state index contributed by atoms with van der Waals surface area (Å²) in [6, 6.07) is 6.49. The topological polar surface area (TPSA) is 38.0 Å². The molecule has 0 aromatic heterocycles. The Labute approximate surface area is 96.6 Å². The van der Waals surface area contributed by atoms with Gasteiger partial charge in [-0.25, -0.2) is 0 Å². The zero-order valence-corrected chi connectivity index (χ0v) is 10.5. The van der Waals surface area contributed by atoms with E-state index < -0.39 is 0 Å². The van der Waals surface area contributed by atoms with E-state index in [9.17, 15) is 0 Å². The van der Waals surface area contributed by atoms with E-state index in [0.717, 1.165) is 11.4 Å². The highest BCUT2D eigenvalue weighted by molar-refractivity contribution is 7.99. The SMILES string of the molecule is CCSCC(C)Nc1ccc(N)cc1C. The molecule has 1 atom stereocenters. The largest absolute Gasteiger partial charge is 0.399 e. The fraction of sp³-hybridized carbons (Fsp3) is 0.500. The van der Waals surface area contributed by atoms with E-state index in [1.807, 2.05) is 23.9 Å². The van der Waals surface area contributed by atoms with Crippen LogP contribution >= 0.6 is 11.8 Å². The first-order valence-electron chi connectivity index (χ1n) is 5.34. The highest BCUT2D eigenvalue weighted by atomic mass is 32.2. The molecule has 1 unspecified atom stereocenters. The first-order valence-corrected chi connectivity index (χ1v) is 6.49. The molecule has 0 amide bonds. The average Bonchev–Trinajstić information content (AvgIpc) is 2.19. The molecule has 1 aromatic rings. The summed E-state index contributed by atoms with van der Waals surface area (Å²) >= 11 is 1.96. The molecule has 84 valence electrons. The second-order valence-electron chi connectivity index (χ2n) is 3.78. The van der Waals surface area contributed by atoms with Crippen molar-refractivity contribution < 1.29 is 0 Å². The highest BCUT2D eigenvalue weighted by Crippen LogP contribution is 2.19. The first-order chi connectivity index (χ1) is 7.13. The monoisotopic (exact) mass is 224 g/mol. The molecule has 1 rings (SSSR count).